The third-order valence-corrected chi connectivity index (χ3v) is 11.5. The van der Waals surface area contributed by atoms with Crippen molar-refractivity contribution in [2.75, 3.05) is 4.90 Å². The zero-order chi connectivity index (χ0) is 38.4. The normalized spacial score (nSPS) is 11.4. The number of aromatic nitrogens is 1. The van der Waals surface area contributed by atoms with Gasteiger partial charge in [-0.25, -0.2) is 0 Å². The topological polar surface area (TPSA) is 8.17 Å². The second kappa shape index (κ2) is 14.1. The molecule has 1 aromatic heterocycles. The highest BCUT2D eigenvalue weighted by Gasteiger charge is 2.20. The van der Waals surface area contributed by atoms with Crippen molar-refractivity contribution in [1.82, 2.24) is 4.57 Å². The molecule has 0 aliphatic carbocycles. The summed E-state index contributed by atoms with van der Waals surface area (Å²) in [6.07, 6.45) is 0. The lowest BCUT2D eigenvalue weighted by molar-refractivity contribution is 1.18. The van der Waals surface area contributed by atoms with Gasteiger partial charge >= 0.3 is 0 Å². The second-order valence-corrected chi connectivity index (χ2v) is 14.9. The van der Waals surface area contributed by atoms with Gasteiger partial charge < -0.3 is 9.47 Å². The molecular weight excluding hydrogens is 701 g/mol. The zero-order valence-electron chi connectivity index (χ0n) is 31.8. The predicted molar refractivity (Wildman–Crippen MR) is 247 cm³/mol. The highest BCUT2D eigenvalue weighted by atomic mass is 15.1. The first-order chi connectivity index (χ1) is 28.8. The SMILES string of the molecule is c1ccc(-c2cccc(N(c3ccc(-c4cc5ccccc5c5ccccc45)cc3)c3ccc4c5c(-c6ccccc6)cccc5n(-c5ccccc5)c4c3)c2)cc1. The van der Waals surface area contributed by atoms with Crippen LogP contribution in [0.5, 0.6) is 0 Å². The Morgan fingerprint density at radius 1 is 0.293 bits per heavy atom. The minimum absolute atomic E-state index is 1.09. The molecule has 0 atom stereocenters. The maximum absolute atomic E-state index is 2.42. The minimum atomic E-state index is 1.09. The van der Waals surface area contributed by atoms with Gasteiger partial charge in [-0.1, -0.05) is 170 Å². The van der Waals surface area contributed by atoms with Crippen molar-refractivity contribution in [2.24, 2.45) is 0 Å². The largest absolute Gasteiger partial charge is 0.310 e. The lowest BCUT2D eigenvalue weighted by atomic mass is 9.93. The third-order valence-electron chi connectivity index (χ3n) is 11.5. The van der Waals surface area contributed by atoms with E-state index < -0.39 is 0 Å². The van der Waals surface area contributed by atoms with E-state index in [1.54, 1.807) is 0 Å². The van der Waals surface area contributed by atoms with Gasteiger partial charge in [-0.05, 0) is 116 Å². The van der Waals surface area contributed by atoms with Crippen LogP contribution in [0.2, 0.25) is 0 Å². The molecule has 10 aromatic carbocycles. The Bertz CT molecular complexity index is 3250. The van der Waals surface area contributed by atoms with Crippen LogP contribution >= 0.6 is 0 Å². The minimum Gasteiger partial charge on any atom is -0.310 e. The average Bonchev–Trinajstić information content (AvgIpc) is 3.64. The summed E-state index contributed by atoms with van der Waals surface area (Å²) in [6.45, 7) is 0. The zero-order valence-corrected chi connectivity index (χ0v) is 31.8. The molecule has 11 rings (SSSR count). The average molecular weight is 739 g/mol. The van der Waals surface area contributed by atoms with Gasteiger partial charge in [0.15, 0.2) is 0 Å². The predicted octanol–water partition coefficient (Wildman–Crippen LogP) is 15.6. The van der Waals surface area contributed by atoms with Crippen LogP contribution in [-0.4, -0.2) is 4.57 Å². The lowest BCUT2D eigenvalue weighted by Crippen LogP contribution is -2.10. The van der Waals surface area contributed by atoms with Crippen LogP contribution in [0.25, 0.3) is 82.4 Å². The summed E-state index contributed by atoms with van der Waals surface area (Å²) in [7, 11) is 0. The van der Waals surface area contributed by atoms with E-state index in [2.05, 4.69) is 240 Å². The van der Waals surface area contributed by atoms with Gasteiger partial charge in [-0.15, -0.1) is 0 Å². The molecule has 0 N–H and O–H groups in total. The van der Waals surface area contributed by atoms with Crippen LogP contribution in [0.3, 0.4) is 0 Å². The quantitative estimate of drug-likeness (QED) is 0.148. The number of rotatable bonds is 7. The van der Waals surface area contributed by atoms with E-state index >= 15 is 0 Å². The number of anilines is 3. The van der Waals surface area contributed by atoms with Crippen molar-refractivity contribution < 1.29 is 0 Å². The molecule has 58 heavy (non-hydrogen) atoms. The molecule has 0 saturated carbocycles. The summed E-state index contributed by atoms with van der Waals surface area (Å²) in [5, 5.41) is 7.54. The molecule has 0 amide bonds. The Morgan fingerprint density at radius 2 is 0.879 bits per heavy atom. The Labute approximate surface area is 338 Å². The molecule has 272 valence electrons. The van der Waals surface area contributed by atoms with Crippen molar-refractivity contribution in [2.45, 2.75) is 0 Å². The number of nitrogens with zero attached hydrogens (tertiary/aromatic N) is 2. The summed E-state index contributed by atoms with van der Waals surface area (Å²) in [5.41, 5.74) is 14.0. The molecule has 0 aliphatic rings. The molecule has 0 saturated heterocycles. The Morgan fingerprint density at radius 3 is 1.66 bits per heavy atom. The van der Waals surface area contributed by atoms with Gasteiger partial charge in [0.25, 0.3) is 0 Å². The van der Waals surface area contributed by atoms with Crippen LogP contribution in [0.4, 0.5) is 17.1 Å². The fraction of sp³-hybridized carbons (Fsp3) is 0. The molecule has 11 aromatic rings. The third kappa shape index (κ3) is 5.74. The standard InChI is InChI=1S/C56H38N2/c1-4-16-39(17-5-1)42-21-14-24-46(36-42)57(45-32-30-41(31-33-45)53-37-43-20-10-11-25-48(43)50-26-12-13-27-51(50)53)47-34-35-52-55(38-47)58(44-22-8-3-9-23-44)54-29-15-28-49(56(52)54)40-18-6-2-7-19-40/h1-38H. The smallest absolute Gasteiger partial charge is 0.0562 e. The molecule has 2 heteroatoms. The molecule has 0 fully saturated rings. The van der Waals surface area contributed by atoms with Gasteiger partial charge in [-0.3, -0.25) is 0 Å². The lowest BCUT2D eigenvalue weighted by Gasteiger charge is -2.26. The maximum atomic E-state index is 2.42. The van der Waals surface area contributed by atoms with Gasteiger partial charge in [0.2, 0.25) is 0 Å². The molecule has 0 aliphatic heterocycles. The van der Waals surface area contributed by atoms with Crippen molar-refractivity contribution in [1.29, 1.82) is 0 Å². The number of hydrogen-bond donors (Lipinski definition) is 0. The summed E-state index contributed by atoms with van der Waals surface area (Å²) in [5.74, 6) is 0. The molecule has 1 heterocycles. The van der Waals surface area contributed by atoms with Crippen LogP contribution in [-0.2, 0) is 0 Å². The van der Waals surface area contributed by atoms with Crippen molar-refractivity contribution >= 4 is 60.4 Å². The highest BCUT2D eigenvalue weighted by molar-refractivity contribution is 6.17. The van der Waals surface area contributed by atoms with Crippen LogP contribution < -0.4 is 4.90 Å². The van der Waals surface area contributed by atoms with Gasteiger partial charge in [0.1, 0.15) is 0 Å². The Balaban J connectivity index is 1.12. The summed E-state index contributed by atoms with van der Waals surface area (Å²) in [4.78, 5) is 2.40. The van der Waals surface area contributed by atoms with Crippen LogP contribution in [0, 0.1) is 0 Å². The van der Waals surface area contributed by atoms with E-state index in [0.29, 0.717) is 0 Å². The highest BCUT2D eigenvalue weighted by Crippen LogP contribution is 2.44. The fourth-order valence-corrected chi connectivity index (χ4v) is 8.89. The van der Waals surface area contributed by atoms with Crippen molar-refractivity contribution in [3.05, 3.63) is 231 Å². The molecule has 0 spiro atoms. The first kappa shape index (κ1) is 33.6. The van der Waals surface area contributed by atoms with E-state index in [9.17, 15) is 0 Å². The van der Waals surface area contributed by atoms with E-state index in [-0.39, 0.29) is 0 Å². The van der Waals surface area contributed by atoms with E-state index in [1.165, 1.54) is 71.2 Å². The van der Waals surface area contributed by atoms with E-state index in [1.807, 2.05) is 0 Å². The Kier molecular flexibility index (Phi) is 8.19. The Hall–Kier alpha value is -7.68. The number of para-hydroxylation sites is 1. The summed E-state index contributed by atoms with van der Waals surface area (Å²) < 4.78 is 2.42. The first-order valence-corrected chi connectivity index (χ1v) is 19.9. The van der Waals surface area contributed by atoms with Crippen molar-refractivity contribution in [3.8, 4) is 39.1 Å². The monoisotopic (exact) mass is 738 g/mol. The molecule has 2 nitrogen and oxygen atoms in total. The van der Waals surface area contributed by atoms with Gasteiger partial charge in [0, 0.05) is 33.5 Å². The van der Waals surface area contributed by atoms with Crippen LogP contribution in [0.1, 0.15) is 0 Å². The maximum Gasteiger partial charge on any atom is 0.0562 e. The fourth-order valence-electron chi connectivity index (χ4n) is 8.89. The van der Waals surface area contributed by atoms with Crippen molar-refractivity contribution in [3.63, 3.8) is 0 Å². The molecule has 0 unspecified atom stereocenters. The molecular formula is C56H38N2. The molecule has 0 radical (unpaired) electrons. The van der Waals surface area contributed by atoms with E-state index in [4.69, 9.17) is 0 Å². The first-order valence-electron chi connectivity index (χ1n) is 19.9. The number of benzene rings is 10. The van der Waals surface area contributed by atoms with Crippen LogP contribution in [0.15, 0.2) is 231 Å². The van der Waals surface area contributed by atoms with Gasteiger partial charge in [-0.2, -0.15) is 0 Å². The van der Waals surface area contributed by atoms with E-state index in [0.717, 1.165) is 28.3 Å². The number of hydrogen-bond acceptors (Lipinski definition) is 1. The summed E-state index contributed by atoms with van der Waals surface area (Å²) >= 11 is 0. The van der Waals surface area contributed by atoms with Gasteiger partial charge in [0.05, 0.1) is 11.0 Å². The second-order valence-electron chi connectivity index (χ2n) is 14.9. The molecule has 0 bridgehead atoms. The number of fused-ring (bicyclic) bond motifs is 6. The summed E-state index contributed by atoms with van der Waals surface area (Å²) in [6, 6.07) is 83.7.